The van der Waals surface area contributed by atoms with Gasteiger partial charge in [0.2, 0.25) is 0 Å². The number of carbonyl (C=O) groups is 1. The zero-order chi connectivity index (χ0) is 16.8. The highest BCUT2D eigenvalue weighted by Crippen LogP contribution is 2.18. The molecule has 0 saturated heterocycles. The Bertz CT molecular complexity index is 672. The quantitative estimate of drug-likeness (QED) is 0.849. The van der Waals surface area contributed by atoms with E-state index in [1.54, 1.807) is 12.1 Å². The molecule has 4 nitrogen and oxygen atoms in total. The first-order chi connectivity index (χ1) is 11.0. The fourth-order valence-electron chi connectivity index (χ4n) is 1.91. The molecule has 0 radical (unpaired) electrons. The molecule has 2 aromatic rings. The van der Waals surface area contributed by atoms with Crippen LogP contribution in [0.1, 0.15) is 30.8 Å². The van der Waals surface area contributed by atoms with Gasteiger partial charge < -0.3 is 10.6 Å². The van der Waals surface area contributed by atoms with Gasteiger partial charge in [0.15, 0.2) is 11.6 Å². The zero-order valence-corrected chi connectivity index (χ0v) is 13.1. The van der Waals surface area contributed by atoms with Crippen LogP contribution in [0.2, 0.25) is 0 Å². The summed E-state index contributed by atoms with van der Waals surface area (Å²) in [5, 5.41) is 5.70. The number of hydrogen-bond donors (Lipinski definition) is 2. The second-order valence-corrected chi connectivity index (χ2v) is 5.62. The molecule has 0 atom stereocenters. The SMILES string of the molecule is CC(C)CCNC(=O)c1ccc(Nc2ccc(F)c(F)c2)cn1. The summed E-state index contributed by atoms with van der Waals surface area (Å²) in [7, 11) is 0. The number of hydrogen-bond acceptors (Lipinski definition) is 3. The first kappa shape index (κ1) is 16.9. The maximum absolute atomic E-state index is 13.1. The molecular weight excluding hydrogens is 300 g/mol. The molecule has 23 heavy (non-hydrogen) atoms. The van der Waals surface area contributed by atoms with Crippen LogP contribution in [-0.2, 0) is 0 Å². The van der Waals surface area contributed by atoms with Gasteiger partial charge in [-0.1, -0.05) is 13.8 Å². The Morgan fingerprint density at radius 2 is 1.87 bits per heavy atom. The minimum absolute atomic E-state index is 0.231. The molecule has 2 N–H and O–H groups in total. The third-order valence-electron chi connectivity index (χ3n) is 3.21. The Kier molecular flexibility index (Phi) is 5.62. The van der Waals surface area contributed by atoms with E-state index < -0.39 is 11.6 Å². The number of aromatic nitrogens is 1. The van der Waals surface area contributed by atoms with Crippen molar-refractivity contribution in [1.29, 1.82) is 0 Å². The smallest absolute Gasteiger partial charge is 0.269 e. The molecule has 1 aromatic carbocycles. The van der Waals surface area contributed by atoms with Crippen LogP contribution in [-0.4, -0.2) is 17.4 Å². The summed E-state index contributed by atoms with van der Waals surface area (Å²) < 4.78 is 26.0. The van der Waals surface area contributed by atoms with Crippen molar-refractivity contribution in [2.75, 3.05) is 11.9 Å². The van der Waals surface area contributed by atoms with E-state index in [0.29, 0.717) is 29.5 Å². The molecule has 0 saturated carbocycles. The van der Waals surface area contributed by atoms with Crippen LogP contribution < -0.4 is 10.6 Å². The minimum atomic E-state index is -0.927. The van der Waals surface area contributed by atoms with Gasteiger partial charge in [0.1, 0.15) is 5.69 Å². The number of rotatable bonds is 6. The fourth-order valence-corrected chi connectivity index (χ4v) is 1.91. The summed E-state index contributed by atoms with van der Waals surface area (Å²) in [5.74, 6) is -1.54. The lowest BCUT2D eigenvalue weighted by Gasteiger charge is -2.09. The number of nitrogens with one attached hydrogen (secondary N) is 2. The monoisotopic (exact) mass is 319 g/mol. The molecule has 0 fully saturated rings. The van der Waals surface area contributed by atoms with Crippen molar-refractivity contribution in [3.05, 3.63) is 53.9 Å². The molecule has 1 heterocycles. The van der Waals surface area contributed by atoms with E-state index in [2.05, 4.69) is 29.5 Å². The van der Waals surface area contributed by atoms with E-state index in [1.807, 2.05) is 0 Å². The number of benzene rings is 1. The molecule has 0 aliphatic carbocycles. The molecule has 122 valence electrons. The first-order valence-corrected chi connectivity index (χ1v) is 7.42. The van der Waals surface area contributed by atoms with Crippen molar-refractivity contribution in [3.8, 4) is 0 Å². The fraction of sp³-hybridized carbons (Fsp3) is 0.294. The second kappa shape index (κ2) is 7.67. The van der Waals surface area contributed by atoms with Gasteiger partial charge in [0, 0.05) is 18.3 Å². The van der Waals surface area contributed by atoms with E-state index >= 15 is 0 Å². The van der Waals surface area contributed by atoms with E-state index in [4.69, 9.17) is 0 Å². The van der Waals surface area contributed by atoms with E-state index in [-0.39, 0.29) is 5.91 Å². The Morgan fingerprint density at radius 1 is 1.13 bits per heavy atom. The number of carbonyl (C=O) groups excluding carboxylic acids is 1. The predicted octanol–water partition coefficient (Wildman–Crippen LogP) is 3.88. The maximum atomic E-state index is 13.1. The lowest BCUT2D eigenvalue weighted by molar-refractivity contribution is 0.0947. The van der Waals surface area contributed by atoms with Crippen molar-refractivity contribution in [3.63, 3.8) is 0 Å². The van der Waals surface area contributed by atoms with E-state index in [9.17, 15) is 13.6 Å². The highest BCUT2D eigenvalue weighted by Gasteiger charge is 2.07. The number of anilines is 2. The van der Waals surface area contributed by atoms with Crippen molar-refractivity contribution in [1.82, 2.24) is 10.3 Å². The average molecular weight is 319 g/mol. The predicted molar refractivity (Wildman–Crippen MR) is 85.7 cm³/mol. The molecule has 0 aliphatic heterocycles. The van der Waals surface area contributed by atoms with E-state index in [0.717, 1.165) is 18.6 Å². The van der Waals surface area contributed by atoms with E-state index in [1.165, 1.54) is 12.3 Å². The molecule has 0 spiro atoms. The summed E-state index contributed by atoms with van der Waals surface area (Å²) in [6, 6.07) is 6.76. The Labute approximate surface area is 133 Å². The highest BCUT2D eigenvalue weighted by atomic mass is 19.2. The largest absolute Gasteiger partial charge is 0.354 e. The van der Waals surface area contributed by atoms with Crippen molar-refractivity contribution in [2.24, 2.45) is 5.92 Å². The second-order valence-electron chi connectivity index (χ2n) is 5.62. The Morgan fingerprint density at radius 3 is 2.48 bits per heavy atom. The van der Waals surface area contributed by atoms with Gasteiger partial charge in [-0.05, 0) is 36.6 Å². The summed E-state index contributed by atoms with van der Waals surface area (Å²) in [6.45, 7) is 4.78. The molecule has 0 aliphatic rings. The topological polar surface area (TPSA) is 54.0 Å². The van der Waals surface area contributed by atoms with Crippen LogP contribution >= 0.6 is 0 Å². The third kappa shape index (κ3) is 5.02. The number of halogens is 2. The molecule has 1 amide bonds. The minimum Gasteiger partial charge on any atom is -0.354 e. The molecule has 6 heteroatoms. The van der Waals surface area contributed by atoms with Crippen LogP contribution in [0.3, 0.4) is 0 Å². The zero-order valence-electron chi connectivity index (χ0n) is 13.1. The van der Waals surface area contributed by atoms with Gasteiger partial charge in [-0.15, -0.1) is 0 Å². The standard InChI is InChI=1S/C17H19F2N3O/c1-11(2)7-8-20-17(23)16-6-4-13(10-21-16)22-12-3-5-14(18)15(19)9-12/h3-6,9-11,22H,7-8H2,1-2H3,(H,20,23). The van der Waals surface area contributed by atoms with Gasteiger partial charge in [0.05, 0.1) is 11.9 Å². The normalized spacial score (nSPS) is 10.7. The number of pyridine rings is 1. The highest BCUT2D eigenvalue weighted by molar-refractivity contribution is 5.92. The average Bonchev–Trinajstić information content (AvgIpc) is 2.51. The summed E-state index contributed by atoms with van der Waals surface area (Å²) in [5.41, 5.74) is 1.29. The lowest BCUT2D eigenvalue weighted by atomic mass is 10.1. The van der Waals surface area contributed by atoms with Crippen molar-refractivity contribution < 1.29 is 13.6 Å². The molecule has 2 rings (SSSR count). The Hall–Kier alpha value is -2.50. The van der Waals surface area contributed by atoms with Crippen molar-refractivity contribution in [2.45, 2.75) is 20.3 Å². The molecule has 0 unspecified atom stereocenters. The Balaban J connectivity index is 1.96. The molecule has 1 aromatic heterocycles. The van der Waals surface area contributed by atoms with Gasteiger partial charge in [-0.3, -0.25) is 4.79 Å². The van der Waals surface area contributed by atoms with Crippen LogP contribution in [0.4, 0.5) is 20.2 Å². The van der Waals surface area contributed by atoms with Gasteiger partial charge in [-0.2, -0.15) is 0 Å². The third-order valence-corrected chi connectivity index (χ3v) is 3.21. The summed E-state index contributed by atoms with van der Waals surface area (Å²) in [4.78, 5) is 16.0. The maximum Gasteiger partial charge on any atom is 0.269 e. The number of amides is 1. The number of nitrogens with zero attached hydrogens (tertiary/aromatic N) is 1. The van der Waals surface area contributed by atoms with Crippen molar-refractivity contribution >= 4 is 17.3 Å². The van der Waals surface area contributed by atoms with Crippen LogP contribution in [0.15, 0.2) is 36.5 Å². The van der Waals surface area contributed by atoms with Gasteiger partial charge in [0.25, 0.3) is 5.91 Å². The first-order valence-electron chi connectivity index (χ1n) is 7.42. The van der Waals surface area contributed by atoms with Gasteiger partial charge in [-0.25, -0.2) is 13.8 Å². The van der Waals surface area contributed by atoms with Crippen LogP contribution in [0.5, 0.6) is 0 Å². The lowest BCUT2D eigenvalue weighted by Crippen LogP contribution is -2.26. The van der Waals surface area contributed by atoms with Gasteiger partial charge >= 0.3 is 0 Å². The molecule has 0 bridgehead atoms. The van der Waals surface area contributed by atoms with Crippen LogP contribution in [0.25, 0.3) is 0 Å². The molecular formula is C17H19F2N3O. The van der Waals surface area contributed by atoms with Crippen LogP contribution in [0, 0.1) is 17.6 Å². The summed E-state index contributed by atoms with van der Waals surface area (Å²) in [6.07, 6.45) is 2.38. The summed E-state index contributed by atoms with van der Waals surface area (Å²) >= 11 is 0.